The second-order valence-electron chi connectivity index (χ2n) is 15.3. The van der Waals surface area contributed by atoms with Gasteiger partial charge in [-0.2, -0.15) is 0 Å². The smallest absolute Gasteiger partial charge is 0.157 e. The summed E-state index contributed by atoms with van der Waals surface area (Å²) in [5.41, 5.74) is 0.295. The molecule has 0 fully saturated rings. The van der Waals surface area contributed by atoms with Crippen LogP contribution in [-0.4, -0.2) is 84.7 Å². The summed E-state index contributed by atoms with van der Waals surface area (Å²) < 4.78 is 18.9. The van der Waals surface area contributed by atoms with E-state index < -0.39 is 94.5 Å². The van der Waals surface area contributed by atoms with Crippen molar-refractivity contribution >= 4 is 0 Å². The molecule has 16 nitrogen and oxygen atoms in total. The Morgan fingerprint density at radius 1 is 0.410 bits per heavy atom. The van der Waals surface area contributed by atoms with Gasteiger partial charge in [-0.05, 0) is 65.2 Å². The summed E-state index contributed by atoms with van der Waals surface area (Å²) in [6.07, 6.45) is -9.21. The molecule has 61 heavy (non-hydrogen) atoms. The first-order valence-corrected chi connectivity index (χ1v) is 19.0. The van der Waals surface area contributed by atoms with Gasteiger partial charge in [0, 0.05) is 58.2 Å². The van der Waals surface area contributed by atoms with Crippen molar-refractivity contribution in [3.05, 3.63) is 136 Å². The first-order valence-electron chi connectivity index (χ1n) is 19.0. The highest BCUT2D eigenvalue weighted by Gasteiger charge is 2.49. The topological polar surface area (TPSA) is 291 Å². The van der Waals surface area contributed by atoms with Gasteiger partial charge >= 0.3 is 0 Å². The highest BCUT2D eigenvalue weighted by molar-refractivity contribution is 5.70. The third-order valence-corrected chi connectivity index (χ3v) is 11.7. The minimum atomic E-state index is -1.69. The molecule has 0 radical (unpaired) electrons. The summed E-state index contributed by atoms with van der Waals surface area (Å²) in [5.74, 6) is -7.77. The Balaban J connectivity index is 1.31. The van der Waals surface area contributed by atoms with Gasteiger partial charge in [0.15, 0.2) is 46.7 Å². The molecule has 16 heteroatoms. The molecular formula is C45H38O16. The van der Waals surface area contributed by atoms with Crippen LogP contribution in [0.5, 0.6) is 74.7 Å². The Morgan fingerprint density at radius 2 is 0.836 bits per heavy atom. The third kappa shape index (κ3) is 6.35. The quantitative estimate of drug-likeness (QED) is 0.101. The van der Waals surface area contributed by atoms with E-state index in [1.807, 2.05) is 0 Å². The number of phenolic OH excluding ortho intramolecular Hbond substituents is 10. The van der Waals surface area contributed by atoms with Crippen LogP contribution in [0.4, 0.5) is 0 Å². The molecule has 6 aromatic carbocycles. The van der Waals surface area contributed by atoms with E-state index in [2.05, 4.69) is 0 Å². The van der Waals surface area contributed by atoms with Crippen LogP contribution in [-0.2, 0) is 6.42 Å². The molecule has 3 aliphatic rings. The molecule has 13 N–H and O–H groups in total. The van der Waals surface area contributed by atoms with Crippen molar-refractivity contribution in [3.8, 4) is 74.7 Å². The SMILES string of the molecule is Oc1ccc2c(c1)O[C@H](c1ccc(O)c(O)c1)[C@@H](O)[C@@H]2c1c(O)c2c(c([C@@H]3c4ccc(O)cc4O[C@H](c4ccc(O)c(O)c4)[C@H]3O)c1O)O[C@@H](c1ccc(O)c(O)c1)[C@@H](O)C2. The average molecular weight is 835 g/mol. The van der Waals surface area contributed by atoms with Crippen LogP contribution in [0.15, 0.2) is 91.0 Å². The van der Waals surface area contributed by atoms with Gasteiger partial charge in [0.05, 0.1) is 6.10 Å². The van der Waals surface area contributed by atoms with Gasteiger partial charge in [0.25, 0.3) is 0 Å². The molecule has 0 amide bonds. The molecule has 0 unspecified atom stereocenters. The van der Waals surface area contributed by atoms with Crippen molar-refractivity contribution in [3.63, 3.8) is 0 Å². The molecule has 9 rings (SSSR count). The largest absolute Gasteiger partial charge is 0.508 e. The lowest BCUT2D eigenvalue weighted by atomic mass is 9.73. The van der Waals surface area contributed by atoms with E-state index in [0.717, 1.165) is 12.1 Å². The number of fused-ring (bicyclic) bond motifs is 3. The maximum atomic E-state index is 12.9. The first-order chi connectivity index (χ1) is 29.1. The molecule has 6 aromatic rings. The maximum Gasteiger partial charge on any atom is 0.157 e. The zero-order valence-electron chi connectivity index (χ0n) is 31.5. The number of hydrogen-bond acceptors (Lipinski definition) is 16. The summed E-state index contributed by atoms with van der Waals surface area (Å²) in [6, 6.07) is 19.2. The van der Waals surface area contributed by atoms with Crippen LogP contribution in [0.3, 0.4) is 0 Å². The number of benzene rings is 6. The number of hydrogen-bond donors (Lipinski definition) is 13. The molecule has 3 heterocycles. The monoisotopic (exact) mass is 834 g/mol. The molecule has 0 aromatic heterocycles. The van der Waals surface area contributed by atoms with E-state index in [1.54, 1.807) is 0 Å². The maximum absolute atomic E-state index is 12.9. The van der Waals surface area contributed by atoms with Crippen molar-refractivity contribution in [1.82, 2.24) is 0 Å². The van der Waals surface area contributed by atoms with Gasteiger partial charge in [-0.25, -0.2) is 0 Å². The summed E-state index contributed by atoms with van der Waals surface area (Å²) in [5, 5.41) is 144. The predicted molar refractivity (Wildman–Crippen MR) is 211 cm³/mol. The number of aliphatic hydroxyl groups is 3. The van der Waals surface area contributed by atoms with E-state index in [4.69, 9.17) is 14.2 Å². The number of phenols is 10. The zero-order chi connectivity index (χ0) is 43.2. The van der Waals surface area contributed by atoms with E-state index in [0.29, 0.717) is 0 Å². The lowest BCUT2D eigenvalue weighted by Gasteiger charge is -2.42. The minimum Gasteiger partial charge on any atom is -0.508 e. The van der Waals surface area contributed by atoms with Crippen molar-refractivity contribution in [2.45, 2.75) is 54.9 Å². The molecule has 0 saturated carbocycles. The fraction of sp³-hybridized carbons (Fsp3) is 0.200. The van der Waals surface area contributed by atoms with Crippen molar-refractivity contribution in [2.24, 2.45) is 0 Å². The highest BCUT2D eigenvalue weighted by Crippen LogP contribution is 2.60. The van der Waals surface area contributed by atoms with E-state index in [-0.39, 0.29) is 79.7 Å². The average Bonchev–Trinajstić information content (AvgIpc) is 3.22. The van der Waals surface area contributed by atoms with Gasteiger partial charge in [-0.15, -0.1) is 0 Å². The summed E-state index contributed by atoms with van der Waals surface area (Å²) in [4.78, 5) is 0. The van der Waals surface area contributed by atoms with Crippen molar-refractivity contribution in [2.75, 3.05) is 0 Å². The summed E-state index contributed by atoms with van der Waals surface area (Å²) in [6.45, 7) is 0. The fourth-order valence-corrected chi connectivity index (χ4v) is 8.75. The van der Waals surface area contributed by atoms with Crippen molar-refractivity contribution < 1.29 is 80.6 Å². The molecule has 0 bridgehead atoms. The number of aliphatic hydroxyl groups excluding tert-OH is 3. The lowest BCUT2D eigenvalue weighted by molar-refractivity contribution is 0.000360. The Hall–Kier alpha value is -7.40. The van der Waals surface area contributed by atoms with Crippen LogP contribution < -0.4 is 14.2 Å². The highest BCUT2D eigenvalue weighted by atomic mass is 16.5. The second kappa shape index (κ2) is 14.4. The third-order valence-electron chi connectivity index (χ3n) is 11.7. The van der Waals surface area contributed by atoms with Gasteiger partial charge in [-0.3, -0.25) is 0 Å². The Bertz CT molecular complexity index is 2730. The summed E-state index contributed by atoms with van der Waals surface area (Å²) in [7, 11) is 0. The normalized spacial score (nSPS) is 24.0. The van der Waals surface area contributed by atoms with Crippen LogP contribution in [0.2, 0.25) is 0 Å². The molecule has 314 valence electrons. The molecule has 3 aliphatic heterocycles. The van der Waals surface area contributed by atoms with Gasteiger partial charge < -0.3 is 80.6 Å². The molecule has 0 aliphatic carbocycles. The van der Waals surface area contributed by atoms with Gasteiger partial charge in [0.2, 0.25) is 0 Å². The van der Waals surface area contributed by atoms with E-state index in [9.17, 15) is 66.4 Å². The number of aromatic hydroxyl groups is 10. The molecule has 0 spiro atoms. The van der Waals surface area contributed by atoms with E-state index in [1.165, 1.54) is 78.9 Å². The Labute approximate surface area is 345 Å². The van der Waals surface area contributed by atoms with Crippen LogP contribution in [0.25, 0.3) is 0 Å². The minimum absolute atomic E-state index is 0.00791. The first kappa shape index (κ1) is 39.1. The Kier molecular flexibility index (Phi) is 9.23. The summed E-state index contributed by atoms with van der Waals surface area (Å²) >= 11 is 0. The van der Waals surface area contributed by atoms with E-state index >= 15 is 0 Å². The zero-order valence-corrected chi connectivity index (χ0v) is 31.5. The van der Waals surface area contributed by atoms with Gasteiger partial charge in [0.1, 0.15) is 58.6 Å². The van der Waals surface area contributed by atoms with Crippen LogP contribution in [0, 0.1) is 0 Å². The Morgan fingerprint density at radius 3 is 1.28 bits per heavy atom. The second-order valence-corrected chi connectivity index (χ2v) is 15.3. The van der Waals surface area contributed by atoms with Crippen LogP contribution in [0.1, 0.15) is 74.7 Å². The van der Waals surface area contributed by atoms with Crippen LogP contribution >= 0.6 is 0 Å². The fourth-order valence-electron chi connectivity index (χ4n) is 8.75. The van der Waals surface area contributed by atoms with Gasteiger partial charge in [-0.1, -0.05) is 30.3 Å². The molecular weight excluding hydrogens is 796 g/mol. The number of rotatable bonds is 5. The lowest BCUT2D eigenvalue weighted by Crippen LogP contribution is -2.38. The van der Waals surface area contributed by atoms with Crippen molar-refractivity contribution in [1.29, 1.82) is 0 Å². The number of ether oxygens (including phenoxy) is 3. The predicted octanol–water partition coefficient (Wildman–Crippen LogP) is 5.03. The standard InChI is InChI=1S/C45H38O16/c46-20-4-6-22-32(14-20)59-43(18-2-9-26(49)29(52)12-18)40(57)34(22)36-38(55)24-16-31(54)42(17-1-8-25(48)28(51)11-17)61-45(24)37(39(36)56)35-23-7-5-21(47)15-33(23)60-44(41(35)58)19-3-10-27(50)30(53)13-19/h1-15,31,34-35,40-44,46-58H,16H2/t31-,34-,35-,40-,41-,42-,43+,44+/m0/s1. The molecule has 0 saturated heterocycles. The molecule has 8 atom stereocenters.